The molecule has 0 fully saturated rings. The van der Waals surface area contributed by atoms with Gasteiger partial charge in [-0.3, -0.25) is 0 Å². The van der Waals surface area contributed by atoms with E-state index in [1.54, 1.807) is 18.2 Å². The van der Waals surface area contributed by atoms with E-state index in [1.165, 1.54) is 18.2 Å². The smallest absolute Gasteiger partial charge is 0.147 e. The first-order chi connectivity index (χ1) is 14.0. The molecular weight excluding hydrogens is 368 g/mol. The summed E-state index contributed by atoms with van der Waals surface area (Å²) in [6.07, 6.45) is 4.17. The van der Waals surface area contributed by atoms with E-state index < -0.39 is 0 Å². The fourth-order valence-corrected chi connectivity index (χ4v) is 3.52. The number of aryl methyl sites for hydroxylation is 1. The van der Waals surface area contributed by atoms with Crippen LogP contribution in [0.4, 0.5) is 8.78 Å². The summed E-state index contributed by atoms with van der Waals surface area (Å²) in [5.41, 5.74) is 4.02. The van der Waals surface area contributed by atoms with Gasteiger partial charge >= 0.3 is 0 Å². The molecule has 0 spiro atoms. The Bertz CT molecular complexity index is 989. The number of para-hydroxylation sites is 1. The van der Waals surface area contributed by atoms with E-state index in [0.29, 0.717) is 18.4 Å². The van der Waals surface area contributed by atoms with Gasteiger partial charge in [0.2, 0.25) is 0 Å². The Balaban J connectivity index is 1.85. The first-order valence-electron chi connectivity index (χ1n) is 9.80. The average molecular weight is 395 g/mol. The molecule has 3 nitrogen and oxygen atoms in total. The van der Waals surface area contributed by atoms with Crippen molar-refractivity contribution in [3.8, 4) is 11.3 Å². The van der Waals surface area contributed by atoms with Crippen molar-refractivity contribution < 1.29 is 8.78 Å². The van der Waals surface area contributed by atoms with Crippen LogP contribution >= 0.6 is 0 Å². The third-order valence-corrected chi connectivity index (χ3v) is 5.08. The Hall–Kier alpha value is -2.92. The molecule has 1 atom stereocenters. The van der Waals surface area contributed by atoms with Crippen molar-refractivity contribution in [3.63, 3.8) is 0 Å². The van der Waals surface area contributed by atoms with Gasteiger partial charge in [-0.05, 0) is 74.3 Å². The van der Waals surface area contributed by atoms with Crippen LogP contribution < -0.4 is 10.6 Å². The maximum absolute atomic E-state index is 14.4. The van der Waals surface area contributed by atoms with E-state index in [4.69, 9.17) is 0 Å². The first-order valence-corrected chi connectivity index (χ1v) is 9.80. The molecule has 1 aromatic heterocycles. The lowest BCUT2D eigenvalue weighted by atomic mass is 10.00. The highest BCUT2D eigenvalue weighted by Gasteiger charge is 2.16. The Morgan fingerprint density at radius 2 is 1.93 bits per heavy atom. The lowest BCUT2D eigenvalue weighted by Gasteiger charge is -2.18. The van der Waals surface area contributed by atoms with Gasteiger partial charge in [0.15, 0.2) is 0 Å². The number of hydrogen-bond acceptors (Lipinski definition) is 2. The summed E-state index contributed by atoms with van der Waals surface area (Å²) in [5, 5.41) is 7.38. The Morgan fingerprint density at radius 3 is 2.62 bits per heavy atom. The summed E-state index contributed by atoms with van der Waals surface area (Å²) in [6, 6.07) is 11.4. The molecule has 0 radical (unpaired) electrons. The molecule has 5 heteroatoms. The monoisotopic (exact) mass is 395 g/mol. The number of fused-ring (bicyclic) bond motifs is 1. The predicted molar refractivity (Wildman–Crippen MR) is 117 cm³/mol. The second-order valence-electron chi connectivity index (χ2n) is 7.13. The van der Waals surface area contributed by atoms with Crippen molar-refractivity contribution in [2.24, 2.45) is 0 Å². The molecule has 0 aliphatic rings. The van der Waals surface area contributed by atoms with Gasteiger partial charge < -0.3 is 15.6 Å². The molecule has 0 amide bonds. The van der Waals surface area contributed by atoms with Crippen LogP contribution in [0.2, 0.25) is 0 Å². The van der Waals surface area contributed by atoms with E-state index in [2.05, 4.69) is 28.8 Å². The molecule has 3 N–H and O–H groups in total. The number of rotatable bonds is 10. The highest BCUT2D eigenvalue weighted by molar-refractivity contribution is 5.91. The van der Waals surface area contributed by atoms with Crippen LogP contribution in [0.15, 0.2) is 67.4 Å². The van der Waals surface area contributed by atoms with E-state index >= 15 is 0 Å². The fraction of sp³-hybridized carbons (Fsp3) is 0.250. The zero-order valence-corrected chi connectivity index (χ0v) is 16.7. The molecular formula is C24H27F2N3. The van der Waals surface area contributed by atoms with Crippen molar-refractivity contribution >= 4 is 10.9 Å². The summed E-state index contributed by atoms with van der Waals surface area (Å²) in [4.78, 5) is 3.20. The van der Waals surface area contributed by atoms with Crippen LogP contribution in [0.3, 0.4) is 0 Å². The Kier molecular flexibility index (Phi) is 6.83. The van der Waals surface area contributed by atoms with Crippen molar-refractivity contribution in [3.05, 3.63) is 84.6 Å². The maximum Gasteiger partial charge on any atom is 0.147 e. The quantitative estimate of drug-likeness (QED) is 0.407. The number of aromatic amines is 1. The number of nitrogens with one attached hydrogen (secondary N) is 3. The van der Waals surface area contributed by atoms with Crippen LogP contribution in [-0.2, 0) is 6.42 Å². The van der Waals surface area contributed by atoms with E-state index in [9.17, 15) is 8.78 Å². The van der Waals surface area contributed by atoms with Crippen molar-refractivity contribution in [1.29, 1.82) is 0 Å². The topological polar surface area (TPSA) is 39.8 Å². The van der Waals surface area contributed by atoms with Gasteiger partial charge in [-0.1, -0.05) is 24.8 Å². The van der Waals surface area contributed by atoms with Crippen LogP contribution in [0.5, 0.6) is 0 Å². The molecule has 0 aliphatic heterocycles. The summed E-state index contributed by atoms with van der Waals surface area (Å²) in [5.74, 6) is -0.597. The van der Waals surface area contributed by atoms with Gasteiger partial charge in [0.1, 0.15) is 11.6 Å². The number of halogens is 2. The van der Waals surface area contributed by atoms with Gasteiger partial charge in [0.25, 0.3) is 0 Å². The molecule has 0 bridgehead atoms. The van der Waals surface area contributed by atoms with Gasteiger partial charge in [-0.15, -0.1) is 6.58 Å². The SMILES string of the molecule is C=CC(CCNC)NC(=C)CCc1c(-c2ccc(F)cc2)[nH]c2c(F)cccc12. The lowest BCUT2D eigenvalue weighted by Crippen LogP contribution is -2.29. The number of H-pyrrole nitrogens is 1. The van der Waals surface area contributed by atoms with Gasteiger partial charge in [-0.25, -0.2) is 8.78 Å². The van der Waals surface area contributed by atoms with Crippen LogP contribution in [0.1, 0.15) is 18.4 Å². The number of allylic oxidation sites excluding steroid dienone is 1. The fourth-order valence-electron chi connectivity index (χ4n) is 3.52. The lowest BCUT2D eigenvalue weighted by molar-refractivity contribution is 0.580. The molecule has 29 heavy (non-hydrogen) atoms. The third kappa shape index (κ3) is 4.93. The van der Waals surface area contributed by atoms with Crippen LogP contribution in [-0.4, -0.2) is 24.6 Å². The minimum absolute atomic E-state index is 0.145. The summed E-state index contributed by atoms with van der Waals surface area (Å²) >= 11 is 0. The van der Waals surface area contributed by atoms with E-state index in [-0.39, 0.29) is 17.7 Å². The molecule has 1 heterocycles. The number of benzene rings is 2. The van der Waals surface area contributed by atoms with Gasteiger partial charge in [0, 0.05) is 22.8 Å². The summed E-state index contributed by atoms with van der Waals surface area (Å²) < 4.78 is 27.7. The maximum atomic E-state index is 14.4. The largest absolute Gasteiger partial charge is 0.383 e. The molecule has 152 valence electrons. The molecule has 1 unspecified atom stereocenters. The minimum atomic E-state index is -0.299. The van der Waals surface area contributed by atoms with Gasteiger partial charge in [-0.2, -0.15) is 0 Å². The van der Waals surface area contributed by atoms with E-state index in [0.717, 1.165) is 40.9 Å². The van der Waals surface area contributed by atoms with Crippen LogP contribution in [0.25, 0.3) is 22.2 Å². The molecule has 0 saturated carbocycles. The number of hydrogen-bond donors (Lipinski definition) is 3. The molecule has 2 aromatic carbocycles. The Morgan fingerprint density at radius 1 is 1.17 bits per heavy atom. The molecule has 3 rings (SSSR count). The van der Waals surface area contributed by atoms with Crippen molar-refractivity contribution in [1.82, 2.24) is 15.6 Å². The average Bonchev–Trinajstić information content (AvgIpc) is 3.10. The third-order valence-electron chi connectivity index (χ3n) is 5.08. The highest BCUT2D eigenvalue weighted by atomic mass is 19.1. The molecule has 3 aromatic rings. The second kappa shape index (κ2) is 9.52. The minimum Gasteiger partial charge on any atom is -0.383 e. The summed E-state index contributed by atoms with van der Waals surface area (Å²) in [6.45, 7) is 8.91. The predicted octanol–water partition coefficient (Wildman–Crippen LogP) is 5.31. The molecule has 0 saturated heterocycles. The van der Waals surface area contributed by atoms with Crippen molar-refractivity contribution in [2.75, 3.05) is 13.6 Å². The number of aromatic nitrogens is 1. The van der Waals surface area contributed by atoms with Crippen molar-refractivity contribution in [2.45, 2.75) is 25.3 Å². The Labute approximate surface area is 170 Å². The zero-order chi connectivity index (χ0) is 20.8. The second-order valence-corrected chi connectivity index (χ2v) is 7.13. The standard InChI is InChI=1S/C24H27F2N3/c1-4-19(14-15-27-3)28-16(2)8-13-21-20-6-5-7-22(26)24(20)29-23(21)17-9-11-18(25)12-10-17/h4-7,9-12,19,27-29H,1-2,8,13-15H2,3H3. The highest BCUT2D eigenvalue weighted by Crippen LogP contribution is 2.33. The zero-order valence-electron chi connectivity index (χ0n) is 16.7. The normalized spacial score (nSPS) is 12.1. The van der Waals surface area contributed by atoms with Gasteiger partial charge in [0.05, 0.1) is 5.52 Å². The van der Waals surface area contributed by atoms with E-state index in [1.807, 2.05) is 19.2 Å². The van der Waals surface area contributed by atoms with Crippen LogP contribution in [0, 0.1) is 11.6 Å². The summed E-state index contributed by atoms with van der Waals surface area (Å²) in [7, 11) is 1.92. The first kappa shape index (κ1) is 20.8. The molecule has 0 aliphatic carbocycles.